The van der Waals surface area contributed by atoms with Gasteiger partial charge in [-0.3, -0.25) is 24.2 Å². The van der Waals surface area contributed by atoms with Gasteiger partial charge in [0.15, 0.2) is 5.96 Å². The lowest BCUT2D eigenvalue weighted by molar-refractivity contribution is -0.141. The van der Waals surface area contributed by atoms with E-state index in [1.807, 2.05) is 0 Å². The second kappa shape index (κ2) is 11.7. The second-order valence-corrected chi connectivity index (χ2v) is 6.10. The number of aliphatic imine (C=N–C) groups is 1. The van der Waals surface area contributed by atoms with Crippen molar-refractivity contribution in [3.8, 4) is 0 Å². The molecular formula is C15H29N7O5. The van der Waals surface area contributed by atoms with Gasteiger partial charge in [-0.1, -0.05) is 0 Å². The van der Waals surface area contributed by atoms with Crippen LogP contribution in [-0.2, 0) is 19.2 Å². The van der Waals surface area contributed by atoms with Gasteiger partial charge in [-0.05, 0) is 33.6 Å². The average molecular weight is 387 g/mol. The van der Waals surface area contributed by atoms with Gasteiger partial charge in [-0.2, -0.15) is 0 Å². The average Bonchev–Trinajstić information content (AvgIpc) is 2.56. The van der Waals surface area contributed by atoms with Gasteiger partial charge in [0.2, 0.25) is 17.7 Å². The molecule has 0 heterocycles. The summed E-state index contributed by atoms with van der Waals surface area (Å²) in [6.45, 7) is 4.41. The minimum atomic E-state index is -1.20. The molecular weight excluding hydrogens is 358 g/mol. The molecule has 0 radical (unpaired) electrons. The van der Waals surface area contributed by atoms with Crippen molar-refractivity contribution < 1.29 is 24.3 Å². The minimum Gasteiger partial charge on any atom is -0.480 e. The van der Waals surface area contributed by atoms with Gasteiger partial charge in [-0.15, -0.1) is 0 Å². The van der Waals surface area contributed by atoms with Crippen LogP contribution in [0.4, 0.5) is 0 Å². The molecule has 0 saturated heterocycles. The minimum absolute atomic E-state index is 0.0894. The number of nitrogens with two attached hydrogens (primary N) is 3. The molecule has 0 aliphatic carbocycles. The predicted molar refractivity (Wildman–Crippen MR) is 98.3 cm³/mol. The molecule has 10 N–H and O–H groups in total. The van der Waals surface area contributed by atoms with Gasteiger partial charge in [0.1, 0.15) is 18.1 Å². The quantitative estimate of drug-likeness (QED) is 0.110. The van der Waals surface area contributed by atoms with Crippen molar-refractivity contribution in [3.63, 3.8) is 0 Å². The zero-order valence-corrected chi connectivity index (χ0v) is 15.7. The second-order valence-electron chi connectivity index (χ2n) is 6.10. The first-order valence-electron chi connectivity index (χ1n) is 8.40. The van der Waals surface area contributed by atoms with Crippen molar-refractivity contribution >= 4 is 29.7 Å². The van der Waals surface area contributed by atoms with Crippen molar-refractivity contribution in [1.82, 2.24) is 16.0 Å². The first-order chi connectivity index (χ1) is 12.5. The molecule has 12 nitrogen and oxygen atoms in total. The summed E-state index contributed by atoms with van der Waals surface area (Å²) in [5.41, 5.74) is 15.9. The van der Waals surface area contributed by atoms with Crippen LogP contribution in [0.5, 0.6) is 0 Å². The molecule has 0 fully saturated rings. The molecule has 0 rings (SSSR count). The van der Waals surface area contributed by atoms with Crippen LogP contribution >= 0.6 is 0 Å². The van der Waals surface area contributed by atoms with Gasteiger partial charge in [0.25, 0.3) is 0 Å². The van der Waals surface area contributed by atoms with Crippen LogP contribution in [0.3, 0.4) is 0 Å². The summed E-state index contributed by atoms with van der Waals surface area (Å²) in [5, 5.41) is 16.0. The van der Waals surface area contributed by atoms with Crippen molar-refractivity contribution in [3.05, 3.63) is 0 Å². The molecule has 0 spiro atoms. The lowest BCUT2D eigenvalue weighted by atomic mass is 10.1. The van der Waals surface area contributed by atoms with E-state index in [4.69, 9.17) is 22.3 Å². The molecule has 4 atom stereocenters. The summed E-state index contributed by atoms with van der Waals surface area (Å²) in [4.78, 5) is 50.7. The van der Waals surface area contributed by atoms with E-state index in [9.17, 15) is 19.2 Å². The highest BCUT2D eigenvalue weighted by atomic mass is 16.4. The summed E-state index contributed by atoms with van der Waals surface area (Å²) in [6.07, 6.45) is 0.604. The maximum absolute atomic E-state index is 12.4. The number of carboxylic acids is 1. The highest BCUT2D eigenvalue weighted by Crippen LogP contribution is 2.01. The first-order valence-corrected chi connectivity index (χ1v) is 8.40. The van der Waals surface area contributed by atoms with E-state index >= 15 is 0 Å². The number of hydrogen-bond donors (Lipinski definition) is 7. The molecule has 0 bridgehead atoms. The fourth-order valence-electron chi connectivity index (χ4n) is 1.86. The molecule has 0 aliphatic heterocycles. The Balaban J connectivity index is 4.88. The standard InChI is InChI=1S/C15H29N7O5/c1-7(16)11(23)22-10(5-4-6-19-15(17)18)13(25)20-8(2)12(24)21-9(3)14(26)27/h7-10H,4-6,16H2,1-3H3,(H,20,25)(H,21,24)(H,22,23)(H,26,27)(H4,17,18,19). The molecule has 0 aromatic heterocycles. The van der Waals surface area contributed by atoms with Gasteiger partial charge in [0, 0.05) is 6.54 Å². The van der Waals surface area contributed by atoms with Gasteiger partial charge in [0.05, 0.1) is 6.04 Å². The SMILES string of the molecule is CC(N)C(=O)NC(CCCN=C(N)N)C(=O)NC(C)C(=O)NC(C)C(=O)O. The van der Waals surface area contributed by atoms with Crippen LogP contribution < -0.4 is 33.2 Å². The van der Waals surface area contributed by atoms with Crippen LogP contribution in [-0.4, -0.2) is 65.5 Å². The topological polar surface area (TPSA) is 215 Å². The lowest BCUT2D eigenvalue weighted by Gasteiger charge is -2.22. The Bertz CT molecular complexity index is 575. The Morgan fingerprint density at radius 2 is 1.48 bits per heavy atom. The molecule has 0 aliphatic rings. The number of nitrogens with zero attached hydrogens (tertiary/aromatic N) is 1. The highest BCUT2D eigenvalue weighted by Gasteiger charge is 2.26. The molecule has 0 aromatic carbocycles. The number of carbonyl (C=O) groups is 4. The van der Waals surface area contributed by atoms with E-state index in [0.717, 1.165) is 0 Å². The van der Waals surface area contributed by atoms with Gasteiger partial charge < -0.3 is 38.3 Å². The van der Waals surface area contributed by atoms with Crippen molar-refractivity contribution in [2.45, 2.75) is 57.8 Å². The Hall–Kier alpha value is -2.89. The highest BCUT2D eigenvalue weighted by molar-refractivity contribution is 5.93. The summed E-state index contributed by atoms with van der Waals surface area (Å²) < 4.78 is 0. The van der Waals surface area contributed by atoms with Gasteiger partial charge >= 0.3 is 5.97 Å². The number of carboxylic acid groups (broad SMARTS) is 1. The molecule has 27 heavy (non-hydrogen) atoms. The third kappa shape index (κ3) is 9.99. The fourth-order valence-corrected chi connectivity index (χ4v) is 1.86. The Morgan fingerprint density at radius 1 is 0.926 bits per heavy atom. The summed E-state index contributed by atoms with van der Waals surface area (Å²) >= 11 is 0. The van der Waals surface area contributed by atoms with Crippen LogP contribution in [0.2, 0.25) is 0 Å². The number of rotatable bonds is 11. The molecule has 12 heteroatoms. The van der Waals surface area contributed by atoms with E-state index in [1.54, 1.807) is 0 Å². The summed E-state index contributed by atoms with van der Waals surface area (Å²) in [6, 6.07) is -3.89. The van der Waals surface area contributed by atoms with E-state index in [2.05, 4.69) is 20.9 Å². The third-order valence-electron chi connectivity index (χ3n) is 3.47. The molecule has 4 unspecified atom stereocenters. The normalized spacial score (nSPS) is 14.8. The Labute approximate surface area is 157 Å². The Kier molecular flexibility index (Phi) is 10.4. The first kappa shape index (κ1) is 24.1. The zero-order valence-electron chi connectivity index (χ0n) is 15.7. The molecule has 0 aromatic rings. The van der Waals surface area contributed by atoms with Crippen LogP contribution in [0.25, 0.3) is 0 Å². The van der Waals surface area contributed by atoms with E-state index in [-0.39, 0.29) is 18.9 Å². The van der Waals surface area contributed by atoms with Crippen molar-refractivity contribution in [2.75, 3.05) is 6.54 Å². The molecule has 0 saturated carbocycles. The third-order valence-corrected chi connectivity index (χ3v) is 3.47. The van der Waals surface area contributed by atoms with Crippen molar-refractivity contribution in [2.24, 2.45) is 22.2 Å². The number of amides is 3. The fraction of sp³-hybridized carbons (Fsp3) is 0.667. The van der Waals surface area contributed by atoms with E-state index < -0.39 is 47.9 Å². The van der Waals surface area contributed by atoms with E-state index in [1.165, 1.54) is 20.8 Å². The predicted octanol–water partition coefficient (Wildman–Crippen LogP) is -3.03. The number of guanidine groups is 1. The van der Waals surface area contributed by atoms with Crippen LogP contribution in [0, 0.1) is 0 Å². The monoisotopic (exact) mass is 387 g/mol. The van der Waals surface area contributed by atoms with Crippen molar-refractivity contribution in [1.29, 1.82) is 0 Å². The zero-order chi connectivity index (χ0) is 21.1. The van der Waals surface area contributed by atoms with Crippen LogP contribution in [0.1, 0.15) is 33.6 Å². The van der Waals surface area contributed by atoms with Crippen LogP contribution in [0.15, 0.2) is 4.99 Å². The maximum Gasteiger partial charge on any atom is 0.325 e. The largest absolute Gasteiger partial charge is 0.480 e. The maximum atomic E-state index is 12.4. The number of nitrogens with one attached hydrogen (secondary N) is 3. The summed E-state index contributed by atoms with van der Waals surface area (Å²) in [5.74, 6) is -3.11. The number of aliphatic carboxylic acids is 1. The summed E-state index contributed by atoms with van der Waals surface area (Å²) in [7, 11) is 0. The van der Waals surface area contributed by atoms with Gasteiger partial charge in [-0.25, -0.2) is 0 Å². The Morgan fingerprint density at radius 3 is 1.96 bits per heavy atom. The lowest BCUT2D eigenvalue weighted by Crippen LogP contribution is -2.55. The number of carbonyl (C=O) groups excluding carboxylic acids is 3. The smallest absolute Gasteiger partial charge is 0.325 e. The molecule has 154 valence electrons. The van der Waals surface area contributed by atoms with E-state index in [0.29, 0.717) is 6.42 Å². The number of hydrogen-bond acceptors (Lipinski definition) is 6. The molecule has 3 amide bonds.